The van der Waals surface area contributed by atoms with E-state index in [4.69, 9.17) is 5.73 Å². The fourth-order valence-electron chi connectivity index (χ4n) is 0.798. The Balaban J connectivity index is 2.69. The van der Waals surface area contributed by atoms with Gasteiger partial charge in [0.2, 0.25) is 5.91 Å². The van der Waals surface area contributed by atoms with Gasteiger partial charge in [0.05, 0.1) is 6.54 Å². The second-order valence-electron chi connectivity index (χ2n) is 2.47. The summed E-state index contributed by atoms with van der Waals surface area (Å²) in [4.78, 5) is 14.8. The Labute approximate surface area is 70.8 Å². The number of pyridine rings is 1. The number of hydrogen-bond donors (Lipinski definition) is 2. The molecule has 0 saturated heterocycles. The van der Waals surface area contributed by atoms with Crippen LogP contribution in [0.5, 0.6) is 0 Å². The van der Waals surface area contributed by atoms with Gasteiger partial charge < -0.3 is 11.1 Å². The molecule has 1 rings (SSSR count). The highest BCUT2D eigenvalue weighted by molar-refractivity contribution is 5.91. The molecular weight excluding hydrogens is 154 g/mol. The minimum atomic E-state index is -0.229. The van der Waals surface area contributed by atoms with Crippen molar-refractivity contribution in [3.63, 3.8) is 0 Å². The molecule has 4 heteroatoms. The number of carbonyl (C=O) groups excluding carboxylic acids is 1. The van der Waals surface area contributed by atoms with Gasteiger partial charge in [0, 0.05) is 6.20 Å². The average molecular weight is 165 g/mol. The molecule has 0 aromatic carbocycles. The van der Waals surface area contributed by atoms with E-state index >= 15 is 0 Å². The van der Waals surface area contributed by atoms with Crippen LogP contribution in [0.4, 0.5) is 5.82 Å². The lowest BCUT2D eigenvalue weighted by Gasteiger charge is -2.01. The second kappa shape index (κ2) is 3.82. The van der Waals surface area contributed by atoms with E-state index in [0.29, 0.717) is 5.82 Å². The summed E-state index contributed by atoms with van der Waals surface area (Å²) in [6.07, 6.45) is 1.64. The lowest BCUT2D eigenvalue weighted by molar-refractivity contribution is -0.114. The van der Waals surface area contributed by atoms with E-state index in [1.54, 1.807) is 12.3 Å². The van der Waals surface area contributed by atoms with Gasteiger partial charge >= 0.3 is 0 Å². The lowest BCUT2D eigenvalue weighted by Crippen LogP contribution is -2.22. The van der Waals surface area contributed by atoms with Gasteiger partial charge in [-0.15, -0.1) is 0 Å². The summed E-state index contributed by atoms with van der Waals surface area (Å²) in [6.45, 7) is 1.91. The Kier molecular flexibility index (Phi) is 2.76. The molecule has 0 bridgehead atoms. The van der Waals surface area contributed by atoms with E-state index < -0.39 is 0 Å². The predicted octanol–water partition coefficient (Wildman–Crippen LogP) is 0.287. The standard InChI is InChI=1S/C8H11N3O/c1-6-2-3-10-7(4-6)11-8(12)5-9/h2-4H,5,9H2,1H3,(H,10,11,12). The minimum absolute atomic E-state index is 0.0182. The number of aromatic nitrogens is 1. The molecule has 0 saturated carbocycles. The summed E-state index contributed by atoms with van der Waals surface area (Å²) in [6, 6.07) is 3.64. The zero-order chi connectivity index (χ0) is 8.97. The predicted molar refractivity (Wildman–Crippen MR) is 46.7 cm³/mol. The molecule has 0 spiro atoms. The molecular formula is C8H11N3O. The first-order valence-electron chi connectivity index (χ1n) is 3.65. The number of amides is 1. The maximum Gasteiger partial charge on any atom is 0.239 e. The summed E-state index contributed by atoms with van der Waals surface area (Å²) in [7, 11) is 0. The van der Waals surface area contributed by atoms with Crippen LogP contribution < -0.4 is 11.1 Å². The molecule has 0 fully saturated rings. The Bertz CT molecular complexity index is 285. The van der Waals surface area contributed by atoms with E-state index in [-0.39, 0.29) is 12.5 Å². The average Bonchev–Trinajstić information content (AvgIpc) is 2.04. The van der Waals surface area contributed by atoms with Gasteiger partial charge in [-0.3, -0.25) is 4.79 Å². The Hall–Kier alpha value is -1.42. The van der Waals surface area contributed by atoms with E-state index in [9.17, 15) is 4.79 Å². The van der Waals surface area contributed by atoms with E-state index in [0.717, 1.165) is 5.56 Å². The van der Waals surface area contributed by atoms with Crippen LogP contribution in [0.3, 0.4) is 0 Å². The number of rotatable bonds is 2. The fraction of sp³-hybridized carbons (Fsp3) is 0.250. The Morgan fingerprint density at radius 2 is 2.50 bits per heavy atom. The largest absolute Gasteiger partial charge is 0.322 e. The van der Waals surface area contributed by atoms with Crippen LogP contribution in [0.15, 0.2) is 18.3 Å². The molecule has 0 unspecified atom stereocenters. The van der Waals surface area contributed by atoms with E-state index in [2.05, 4.69) is 10.3 Å². The zero-order valence-electron chi connectivity index (χ0n) is 6.87. The van der Waals surface area contributed by atoms with Gasteiger partial charge in [-0.05, 0) is 24.6 Å². The molecule has 0 radical (unpaired) electrons. The smallest absolute Gasteiger partial charge is 0.239 e. The van der Waals surface area contributed by atoms with Crippen molar-refractivity contribution in [2.24, 2.45) is 5.73 Å². The quantitative estimate of drug-likeness (QED) is 0.661. The van der Waals surface area contributed by atoms with E-state index in [1.807, 2.05) is 13.0 Å². The molecule has 0 aliphatic rings. The lowest BCUT2D eigenvalue weighted by atomic mass is 10.3. The Morgan fingerprint density at radius 3 is 3.08 bits per heavy atom. The van der Waals surface area contributed by atoms with Gasteiger partial charge in [-0.25, -0.2) is 4.98 Å². The summed E-state index contributed by atoms with van der Waals surface area (Å²) in [5, 5.41) is 2.56. The van der Waals surface area contributed by atoms with Crippen LogP contribution in [0, 0.1) is 6.92 Å². The number of nitrogens with two attached hydrogens (primary N) is 1. The van der Waals surface area contributed by atoms with E-state index in [1.165, 1.54) is 0 Å². The number of anilines is 1. The third-order valence-electron chi connectivity index (χ3n) is 1.37. The maximum atomic E-state index is 10.8. The van der Waals surface area contributed by atoms with Crippen molar-refractivity contribution in [3.05, 3.63) is 23.9 Å². The van der Waals surface area contributed by atoms with Crippen molar-refractivity contribution in [1.82, 2.24) is 4.98 Å². The molecule has 64 valence electrons. The molecule has 1 heterocycles. The summed E-state index contributed by atoms with van der Waals surface area (Å²) < 4.78 is 0. The maximum absolute atomic E-state index is 10.8. The molecule has 0 aliphatic carbocycles. The second-order valence-corrected chi connectivity index (χ2v) is 2.47. The normalized spacial score (nSPS) is 9.50. The third kappa shape index (κ3) is 2.32. The van der Waals surface area contributed by atoms with Gasteiger partial charge in [-0.2, -0.15) is 0 Å². The third-order valence-corrected chi connectivity index (χ3v) is 1.37. The highest BCUT2D eigenvalue weighted by atomic mass is 16.1. The van der Waals surface area contributed by atoms with Gasteiger partial charge in [-0.1, -0.05) is 0 Å². The van der Waals surface area contributed by atoms with Crippen LogP contribution in [0.2, 0.25) is 0 Å². The van der Waals surface area contributed by atoms with Crippen molar-refractivity contribution >= 4 is 11.7 Å². The zero-order valence-corrected chi connectivity index (χ0v) is 6.87. The Morgan fingerprint density at radius 1 is 1.75 bits per heavy atom. The molecule has 4 nitrogen and oxygen atoms in total. The van der Waals surface area contributed by atoms with Gasteiger partial charge in [0.15, 0.2) is 0 Å². The first-order valence-corrected chi connectivity index (χ1v) is 3.65. The first-order chi connectivity index (χ1) is 5.72. The molecule has 1 aromatic heterocycles. The van der Waals surface area contributed by atoms with Crippen LogP contribution in [-0.4, -0.2) is 17.4 Å². The van der Waals surface area contributed by atoms with Crippen molar-refractivity contribution < 1.29 is 4.79 Å². The number of aryl methyl sites for hydroxylation is 1. The molecule has 1 aromatic rings. The highest BCUT2D eigenvalue weighted by Gasteiger charge is 1.98. The van der Waals surface area contributed by atoms with Gasteiger partial charge in [0.25, 0.3) is 0 Å². The van der Waals surface area contributed by atoms with Crippen molar-refractivity contribution in [3.8, 4) is 0 Å². The monoisotopic (exact) mass is 165 g/mol. The SMILES string of the molecule is Cc1ccnc(NC(=O)CN)c1. The summed E-state index contributed by atoms with van der Waals surface area (Å²) >= 11 is 0. The summed E-state index contributed by atoms with van der Waals surface area (Å²) in [5.74, 6) is 0.318. The highest BCUT2D eigenvalue weighted by Crippen LogP contribution is 2.04. The van der Waals surface area contributed by atoms with Gasteiger partial charge in [0.1, 0.15) is 5.82 Å². The van der Waals surface area contributed by atoms with Crippen LogP contribution in [0.25, 0.3) is 0 Å². The summed E-state index contributed by atoms with van der Waals surface area (Å²) in [5.41, 5.74) is 6.17. The number of hydrogen-bond acceptors (Lipinski definition) is 3. The van der Waals surface area contributed by atoms with Crippen LogP contribution in [-0.2, 0) is 4.79 Å². The minimum Gasteiger partial charge on any atom is -0.322 e. The van der Waals surface area contributed by atoms with Crippen LogP contribution in [0.1, 0.15) is 5.56 Å². The van der Waals surface area contributed by atoms with Crippen molar-refractivity contribution in [2.45, 2.75) is 6.92 Å². The number of nitrogens with zero attached hydrogens (tertiary/aromatic N) is 1. The van der Waals surface area contributed by atoms with Crippen LogP contribution >= 0.6 is 0 Å². The molecule has 3 N–H and O–H groups in total. The molecule has 12 heavy (non-hydrogen) atoms. The fourth-order valence-corrected chi connectivity index (χ4v) is 0.798. The molecule has 0 atom stereocenters. The van der Waals surface area contributed by atoms with Crippen molar-refractivity contribution in [2.75, 3.05) is 11.9 Å². The first kappa shape index (κ1) is 8.67. The number of nitrogens with one attached hydrogen (secondary N) is 1. The topological polar surface area (TPSA) is 68.0 Å². The van der Waals surface area contributed by atoms with Crippen molar-refractivity contribution in [1.29, 1.82) is 0 Å². The number of carbonyl (C=O) groups is 1. The molecule has 1 amide bonds. The molecule has 0 aliphatic heterocycles.